The number of benzene rings is 5. The predicted octanol–water partition coefficient (Wildman–Crippen LogP) is 9.63. The molecule has 172 valence electrons. The van der Waals surface area contributed by atoms with Crippen LogP contribution in [0.3, 0.4) is 0 Å². The Morgan fingerprint density at radius 2 is 0.914 bits per heavy atom. The van der Waals surface area contributed by atoms with E-state index >= 15 is 0 Å². The van der Waals surface area contributed by atoms with Crippen LogP contribution in [0.2, 0.25) is 0 Å². The molecule has 0 heterocycles. The van der Waals surface area contributed by atoms with Crippen LogP contribution in [0.15, 0.2) is 121 Å². The SMILES string of the molecule is Cc1cc(-c2ccccc2)cc(-c2ccccc2)c1.Cc1ccc2c(c1)C(C)(C)c1ccccc1-2. The molecule has 0 nitrogen and oxygen atoms in total. The summed E-state index contributed by atoms with van der Waals surface area (Å²) >= 11 is 0. The molecule has 5 aromatic rings. The van der Waals surface area contributed by atoms with Crippen molar-refractivity contribution in [3.63, 3.8) is 0 Å². The van der Waals surface area contributed by atoms with Crippen LogP contribution in [0.4, 0.5) is 0 Å². The number of hydrogen-bond acceptors (Lipinski definition) is 0. The van der Waals surface area contributed by atoms with Gasteiger partial charge in [0.2, 0.25) is 0 Å². The molecule has 0 radical (unpaired) electrons. The summed E-state index contributed by atoms with van der Waals surface area (Å²) in [6.45, 7) is 8.95. The van der Waals surface area contributed by atoms with Gasteiger partial charge in [-0.2, -0.15) is 0 Å². The van der Waals surface area contributed by atoms with Crippen LogP contribution in [0, 0.1) is 13.8 Å². The predicted molar refractivity (Wildman–Crippen MR) is 151 cm³/mol. The topological polar surface area (TPSA) is 0 Å². The summed E-state index contributed by atoms with van der Waals surface area (Å²) < 4.78 is 0. The lowest BCUT2D eigenvalue weighted by Crippen LogP contribution is -2.14. The van der Waals surface area contributed by atoms with Gasteiger partial charge in [-0.1, -0.05) is 135 Å². The van der Waals surface area contributed by atoms with Crippen molar-refractivity contribution in [2.75, 3.05) is 0 Å². The van der Waals surface area contributed by atoms with Gasteiger partial charge in [-0.05, 0) is 70.0 Å². The summed E-state index contributed by atoms with van der Waals surface area (Å²) in [5.74, 6) is 0. The number of fused-ring (bicyclic) bond motifs is 3. The van der Waals surface area contributed by atoms with Gasteiger partial charge in [0.25, 0.3) is 0 Å². The van der Waals surface area contributed by atoms with E-state index in [2.05, 4.69) is 149 Å². The standard InChI is InChI=1S/C19H16.C16H16/c1-15-12-18(16-8-4-2-5-9-16)14-19(13-15)17-10-6-3-7-11-17;1-11-8-9-13-12-6-4-5-7-14(12)16(2,3)15(13)10-11/h2-14H,1H3;4-10H,1-3H3. The molecule has 35 heavy (non-hydrogen) atoms. The van der Waals surface area contributed by atoms with E-state index in [1.807, 2.05) is 0 Å². The lowest BCUT2D eigenvalue weighted by molar-refractivity contribution is 0.660. The Bertz CT molecular complexity index is 1400. The maximum absolute atomic E-state index is 2.33. The van der Waals surface area contributed by atoms with Crippen LogP contribution in [-0.2, 0) is 5.41 Å². The quantitative estimate of drug-likeness (QED) is 0.250. The summed E-state index contributed by atoms with van der Waals surface area (Å²) in [5.41, 5.74) is 13.6. The zero-order valence-electron chi connectivity index (χ0n) is 21.0. The van der Waals surface area contributed by atoms with Gasteiger partial charge in [-0.25, -0.2) is 0 Å². The number of rotatable bonds is 2. The second-order valence-electron chi connectivity index (χ2n) is 10.0. The zero-order valence-corrected chi connectivity index (χ0v) is 21.0. The van der Waals surface area contributed by atoms with E-state index in [1.165, 1.54) is 55.6 Å². The first-order valence-electron chi connectivity index (χ1n) is 12.4. The molecule has 0 heteroatoms. The first kappa shape index (κ1) is 22.9. The summed E-state index contributed by atoms with van der Waals surface area (Å²) in [6, 6.07) is 43.4. The van der Waals surface area contributed by atoms with Crippen molar-refractivity contribution < 1.29 is 0 Å². The molecule has 0 saturated carbocycles. The lowest BCUT2D eigenvalue weighted by atomic mass is 9.82. The smallest absolute Gasteiger partial charge is 0.0158 e. The third-order valence-corrected chi connectivity index (χ3v) is 7.03. The summed E-state index contributed by atoms with van der Waals surface area (Å²) in [7, 11) is 0. The van der Waals surface area contributed by atoms with Gasteiger partial charge in [0.05, 0.1) is 0 Å². The molecule has 0 amide bonds. The van der Waals surface area contributed by atoms with Crippen molar-refractivity contribution in [2.45, 2.75) is 33.1 Å². The van der Waals surface area contributed by atoms with E-state index in [0.717, 1.165) is 0 Å². The van der Waals surface area contributed by atoms with Crippen molar-refractivity contribution >= 4 is 0 Å². The van der Waals surface area contributed by atoms with Crippen molar-refractivity contribution in [2.24, 2.45) is 0 Å². The monoisotopic (exact) mass is 452 g/mol. The van der Waals surface area contributed by atoms with Gasteiger partial charge >= 0.3 is 0 Å². The average molecular weight is 453 g/mol. The highest BCUT2D eigenvalue weighted by molar-refractivity contribution is 5.80. The van der Waals surface area contributed by atoms with Crippen molar-refractivity contribution in [1.82, 2.24) is 0 Å². The molecule has 5 aromatic carbocycles. The maximum Gasteiger partial charge on any atom is 0.0158 e. The van der Waals surface area contributed by atoms with Crippen molar-refractivity contribution in [1.29, 1.82) is 0 Å². The van der Waals surface area contributed by atoms with Crippen molar-refractivity contribution in [3.8, 4) is 33.4 Å². The zero-order chi connectivity index (χ0) is 24.4. The fraction of sp³-hybridized carbons (Fsp3) is 0.143. The minimum absolute atomic E-state index is 0.151. The van der Waals surface area contributed by atoms with Gasteiger partial charge in [0.15, 0.2) is 0 Å². The molecule has 6 rings (SSSR count). The Kier molecular flexibility index (Phi) is 6.14. The van der Waals surface area contributed by atoms with E-state index in [0.29, 0.717) is 0 Å². The molecular formula is C35H32. The molecule has 0 saturated heterocycles. The van der Waals surface area contributed by atoms with E-state index in [9.17, 15) is 0 Å². The average Bonchev–Trinajstić information content (AvgIpc) is 3.11. The first-order chi connectivity index (χ1) is 16.9. The minimum Gasteiger partial charge on any atom is -0.0622 e. The lowest BCUT2D eigenvalue weighted by Gasteiger charge is -2.21. The molecule has 0 atom stereocenters. The highest BCUT2D eigenvalue weighted by atomic mass is 14.4. The van der Waals surface area contributed by atoms with E-state index in [1.54, 1.807) is 0 Å². The van der Waals surface area contributed by atoms with Gasteiger partial charge in [0.1, 0.15) is 0 Å². The fourth-order valence-electron chi connectivity index (χ4n) is 5.20. The molecule has 1 aliphatic rings. The molecule has 0 bridgehead atoms. The normalized spacial score (nSPS) is 12.8. The van der Waals surface area contributed by atoms with Crippen molar-refractivity contribution in [3.05, 3.63) is 144 Å². The van der Waals surface area contributed by atoms with E-state index in [4.69, 9.17) is 0 Å². The molecule has 1 aliphatic carbocycles. The Balaban J connectivity index is 0.000000147. The molecule has 0 N–H and O–H groups in total. The molecule has 0 aliphatic heterocycles. The van der Waals surface area contributed by atoms with Crippen LogP contribution in [0.1, 0.15) is 36.1 Å². The van der Waals surface area contributed by atoms with Crippen LogP contribution in [0.25, 0.3) is 33.4 Å². The third kappa shape index (κ3) is 4.57. The summed E-state index contributed by atoms with van der Waals surface area (Å²) in [4.78, 5) is 0. The first-order valence-corrected chi connectivity index (χ1v) is 12.4. The van der Waals surface area contributed by atoms with Gasteiger partial charge in [-0.3, -0.25) is 0 Å². The second kappa shape index (κ2) is 9.39. The maximum atomic E-state index is 2.33. The molecule has 0 fully saturated rings. The van der Waals surface area contributed by atoms with Gasteiger partial charge in [0, 0.05) is 5.41 Å². The molecule has 0 aromatic heterocycles. The minimum atomic E-state index is 0.151. The largest absolute Gasteiger partial charge is 0.0622 e. The second-order valence-corrected chi connectivity index (χ2v) is 10.0. The Morgan fingerprint density at radius 1 is 0.400 bits per heavy atom. The van der Waals surface area contributed by atoms with E-state index in [-0.39, 0.29) is 5.41 Å². The molecule has 0 unspecified atom stereocenters. The molecular weight excluding hydrogens is 420 g/mol. The Hall–Kier alpha value is -3.90. The van der Waals surface area contributed by atoms with Gasteiger partial charge < -0.3 is 0 Å². The molecule has 0 spiro atoms. The fourth-order valence-corrected chi connectivity index (χ4v) is 5.20. The summed E-state index contributed by atoms with van der Waals surface area (Å²) in [5, 5.41) is 0. The van der Waals surface area contributed by atoms with Crippen LogP contribution in [-0.4, -0.2) is 0 Å². The van der Waals surface area contributed by atoms with Crippen LogP contribution in [0.5, 0.6) is 0 Å². The van der Waals surface area contributed by atoms with Gasteiger partial charge in [-0.15, -0.1) is 0 Å². The third-order valence-electron chi connectivity index (χ3n) is 7.03. The highest BCUT2D eigenvalue weighted by Gasteiger charge is 2.34. The highest BCUT2D eigenvalue weighted by Crippen LogP contribution is 2.48. The van der Waals surface area contributed by atoms with E-state index < -0.39 is 0 Å². The number of aryl methyl sites for hydroxylation is 2. The Labute approximate surface area is 209 Å². The van der Waals surface area contributed by atoms with Crippen LogP contribution >= 0.6 is 0 Å². The van der Waals surface area contributed by atoms with Crippen LogP contribution < -0.4 is 0 Å². The number of hydrogen-bond donors (Lipinski definition) is 0. The Morgan fingerprint density at radius 3 is 1.51 bits per heavy atom. The summed E-state index contributed by atoms with van der Waals surface area (Å²) in [6.07, 6.45) is 0.